The highest BCUT2D eigenvalue weighted by Gasteiger charge is 2.56. The largest absolute Gasteiger partial charge is 0.504 e. The first-order valence-corrected chi connectivity index (χ1v) is 13.1. The second kappa shape index (κ2) is 9.48. The molecule has 0 aliphatic carbocycles. The predicted molar refractivity (Wildman–Crippen MR) is 135 cm³/mol. The quantitative estimate of drug-likeness (QED) is 0.526. The fraction of sp³-hybridized carbons (Fsp3) is 0.480. The van der Waals surface area contributed by atoms with Crippen LogP contribution in [0.4, 0.5) is 10.1 Å². The highest BCUT2D eigenvalue weighted by molar-refractivity contribution is 8.23. The predicted octanol–water partition coefficient (Wildman–Crippen LogP) is 4.95. The zero-order valence-electron chi connectivity index (χ0n) is 20.5. The topological polar surface area (TPSA) is 103 Å². The lowest BCUT2D eigenvalue weighted by atomic mass is 9.82. The van der Waals surface area contributed by atoms with E-state index in [0.717, 1.165) is 5.56 Å². The third-order valence-electron chi connectivity index (χ3n) is 6.85. The number of ether oxygens (including phenoxy) is 1. The van der Waals surface area contributed by atoms with Gasteiger partial charge in [0.1, 0.15) is 11.9 Å². The number of anilines is 1. The Balaban J connectivity index is 1.61. The van der Waals surface area contributed by atoms with Crippen LogP contribution in [0.5, 0.6) is 11.5 Å². The number of likely N-dealkylation sites (N-methyl/N-ethyl adjacent to an activating group) is 1. The van der Waals surface area contributed by atoms with E-state index >= 15 is 0 Å². The molecule has 2 aliphatic rings. The van der Waals surface area contributed by atoms with Crippen molar-refractivity contribution in [1.29, 1.82) is 5.26 Å². The molecule has 2 aromatic rings. The molecule has 0 radical (unpaired) electrons. The van der Waals surface area contributed by atoms with Gasteiger partial charge in [-0.05, 0) is 63.4 Å². The van der Waals surface area contributed by atoms with Gasteiger partial charge in [0.2, 0.25) is 0 Å². The standard InChI is InChI=1S/C25H33FN4O4S/c1-17(2)34-24-11-19(5-8-23(24)31)15-29-10-9-25(13-18(29)3)16-28(4)35(32,33)30(25)22-12-21(26)7-6-20(22)14-27/h5-8,11-12,17-18,31-33H,9-10,13,15-16H2,1-4H3/t18-,25+/m0/s1. The molecule has 2 atom stereocenters. The van der Waals surface area contributed by atoms with Crippen molar-refractivity contribution < 1.29 is 23.3 Å². The molecule has 190 valence electrons. The van der Waals surface area contributed by atoms with Crippen molar-refractivity contribution in [2.24, 2.45) is 0 Å². The van der Waals surface area contributed by atoms with E-state index in [9.17, 15) is 23.9 Å². The Labute approximate surface area is 207 Å². The summed E-state index contributed by atoms with van der Waals surface area (Å²) in [7, 11) is -1.77. The Morgan fingerprint density at radius 2 is 2.00 bits per heavy atom. The molecule has 8 nitrogen and oxygen atoms in total. The van der Waals surface area contributed by atoms with Crippen LogP contribution in [0.25, 0.3) is 0 Å². The summed E-state index contributed by atoms with van der Waals surface area (Å²) < 4.78 is 45.2. The molecular formula is C25H33FN4O4S. The van der Waals surface area contributed by atoms with Crippen LogP contribution in [0.15, 0.2) is 36.4 Å². The van der Waals surface area contributed by atoms with Gasteiger partial charge in [0.15, 0.2) is 11.5 Å². The van der Waals surface area contributed by atoms with Gasteiger partial charge in [-0.1, -0.05) is 17.0 Å². The molecule has 0 saturated carbocycles. The zero-order chi connectivity index (χ0) is 25.5. The van der Waals surface area contributed by atoms with E-state index in [2.05, 4.69) is 17.9 Å². The van der Waals surface area contributed by atoms with Gasteiger partial charge in [0.25, 0.3) is 0 Å². The first-order chi connectivity index (χ1) is 16.5. The van der Waals surface area contributed by atoms with Gasteiger partial charge in [0.05, 0.1) is 22.9 Å². The molecule has 2 aromatic carbocycles. The molecule has 2 saturated heterocycles. The summed E-state index contributed by atoms with van der Waals surface area (Å²) in [5.41, 5.74) is 0.760. The van der Waals surface area contributed by atoms with E-state index in [4.69, 9.17) is 4.74 Å². The van der Waals surface area contributed by atoms with Gasteiger partial charge in [-0.3, -0.25) is 14.0 Å². The van der Waals surface area contributed by atoms with Crippen LogP contribution in [-0.4, -0.2) is 61.2 Å². The van der Waals surface area contributed by atoms with E-state index in [-0.39, 0.29) is 29.1 Å². The molecule has 4 rings (SSSR count). The van der Waals surface area contributed by atoms with Crippen LogP contribution in [0.3, 0.4) is 0 Å². The van der Waals surface area contributed by atoms with E-state index < -0.39 is 22.3 Å². The van der Waals surface area contributed by atoms with Crippen molar-refractivity contribution in [3.8, 4) is 17.6 Å². The maximum atomic E-state index is 14.2. The van der Waals surface area contributed by atoms with Crippen molar-refractivity contribution in [2.45, 2.75) is 57.8 Å². The first-order valence-electron chi connectivity index (χ1n) is 11.7. The zero-order valence-corrected chi connectivity index (χ0v) is 21.3. The number of phenols is 1. The lowest BCUT2D eigenvalue weighted by Gasteiger charge is -2.51. The van der Waals surface area contributed by atoms with Crippen LogP contribution < -0.4 is 9.04 Å². The van der Waals surface area contributed by atoms with Crippen LogP contribution in [0.1, 0.15) is 44.7 Å². The SMILES string of the molecule is CC(C)Oc1cc(CN2CC[C@@]3(C[C@@H]2C)CN(C)S(O)(O)N3c2cc(F)ccc2C#N)ccc1O. The maximum Gasteiger partial charge on any atom is 0.161 e. The summed E-state index contributed by atoms with van der Waals surface area (Å²) in [6.45, 7) is 7.60. The third kappa shape index (κ3) is 4.79. The Kier molecular flexibility index (Phi) is 6.92. The summed E-state index contributed by atoms with van der Waals surface area (Å²) >= 11 is 0. The van der Waals surface area contributed by atoms with Crippen molar-refractivity contribution in [3.05, 3.63) is 53.3 Å². The molecular weight excluding hydrogens is 471 g/mol. The second-order valence-corrected chi connectivity index (χ2v) is 11.8. The molecule has 0 bridgehead atoms. The van der Waals surface area contributed by atoms with Crippen molar-refractivity contribution in [3.63, 3.8) is 0 Å². The molecule has 3 N–H and O–H groups in total. The summed E-state index contributed by atoms with van der Waals surface area (Å²) in [5, 5.41) is 19.8. The first kappa shape index (κ1) is 25.5. The highest BCUT2D eigenvalue weighted by Crippen LogP contribution is 2.61. The Morgan fingerprint density at radius 1 is 1.26 bits per heavy atom. The molecule has 10 heteroatoms. The minimum atomic E-state index is -3.41. The molecule has 0 aromatic heterocycles. The summed E-state index contributed by atoms with van der Waals surface area (Å²) in [6, 6.07) is 11.3. The summed E-state index contributed by atoms with van der Waals surface area (Å²) in [4.78, 5) is 2.30. The molecule has 2 heterocycles. The van der Waals surface area contributed by atoms with Gasteiger partial charge < -0.3 is 9.84 Å². The molecule has 0 unspecified atom stereocenters. The molecule has 35 heavy (non-hydrogen) atoms. The average Bonchev–Trinajstić information content (AvgIpc) is 2.96. The minimum Gasteiger partial charge on any atom is -0.504 e. The normalized spacial score (nSPS) is 25.7. The number of rotatable bonds is 5. The lowest BCUT2D eigenvalue weighted by Crippen LogP contribution is -2.57. The lowest BCUT2D eigenvalue weighted by molar-refractivity contribution is 0.100. The smallest absolute Gasteiger partial charge is 0.161 e. The molecule has 0 amide bonds. The van der Waals surface area contributed by atoms with Gasteiger partial charge in [-0.25, -0.2) is 8.70 Å². The van der Waals surface area contributed by atoms with Crippen molar-refractivity contribution in [2.75, 3.05) is 24.4 Å². The van der Waals surface area contributed by atoms with E-state index in [0.29, 0.717) is 38.2 Å². The number of benzene rings is 2. The average molecular weight is 505 g/mol. The van der Waals surface area contributed by atoms with E-state index in [1.807, 2.05) is 26.0 Å². The molecule has 2 aliphatic heterocycles. The maximum absolute atomic E-state index is 14.2. The fourth-order valence-electron chi connectivity index (χ4n) is 5.28. The van der Waals surface area contributed by atoms with Crippen LogP contribution in [-0.2, 0) is 6.54 Å². The number of halogens is 1. The fourth-order valence-corrected chi connectivity index (χ4v) is 7.13. The van der Waals surface area contributed by atoms with Gasteiger partial charge in [0, 0.05) is 38.8 Å². The van der Waals surface area contributed by atoms with Crippen LogP contribution in [0, 0.1) is 17.1 Å². The Hall–Kier alpha value is -2.55. The second-order valence-electron chi connectivity index (χ2n) is 9.81. The number of likely N-dealkylation sites (tertiary alicyclic amines) is 1. The van der Waals surface area contributed by atoms with Crippen LogP contribution >= 0.6 is 11.0 Å². The van der Waals surface area contributed by atoms with Crippen molar-refractivity contribution in [1.82, 2.24) is 9.21 Å². The number of aromatic hydroxyl groups is 1. The summed E-state index contributed by atoms with van der Waals surface area (Å²) in [5.74, 6) is 0.0220. The molecule has 1 spiro atoms. The highest BCUT2D eigenvalue weighted by atomic mass is 32.3. The minimum absolute atomic E-state index is 0.0592. The number of nitrogens with zero attached hydrogens (tertiary/aromatic N) is 4. The van der Waals surface area contributed by atoms with Gasteiger partial charge in [-0.2, -0.15) is 9.57 Å². The number of nitriles is 1. The van der Waals surface area contributed by atoms with Crippen molar-refractivity contribution >= 4 is 16.6 Å². The van der Waals surface area contributed by atoms with Gasteiger partial charge >= 0.3 is 0 Å². The van der Waals surface area contributed by atoms with Crippen LogP contribution in [0.2, 0.25) is 0 Å². The number of piperidine rings is 1. The van der Waals surface area contributed by atoms with E-state index in [1.54, 1.807) is 13.1 Å². The van der Waals surface area contributed by atoms with E-state index in [1.165, 1.54) is 26.8 Å². The Morgan fingerprint density at radius 3 is 2.66 bits per heavy atom. The molecule has 2 fully saturated rings. The van der Waals surface area contributed by atoms with Gasteiger partial charge in [-0.15, -0.1) is 0 Å². The monoisotopic (exact) mass is 504 g/mol. The number of hydrogen-bond acceptors (Lipinski definition) is 8. The number of phenolic OH excluding ortho intramolecular Hbond substituents is 1. The summed E-state index contributed by atoms with van der Waals surface area (Å²) in [6.07, 6.45) is 1.14. The number of hydrogen-bond donors (Lipinski definition) is 3. The Bertz CT molecular complexity index is 1140. The third-order valence-corrected chi connectivity index (χ3v) is 8.88.